The number of benzene rings is 2. The van der Waals surface area contributed by atoms with E-state index in [1.165, 1.54) is 6.92 Å². The van der Waals surface area contributed by atoms with Crippen molar-refractivity contribution in [3.63, 3.8) is 0 Å². The molecule has 2 rings (SSSR count). The van der Waals surface area contributed by atoms with Crippen LogP contribution in [-0.4, -0.2) is 41.1 Å². The van der Waals surface area contributed by atoms with Crippen LogP contribution in [0.5, 0.6) is 0 Å². The van der Waals surface area contributed by atoms with E-state index in [1.54, 1.807) is 48.5 Å². The summed E-state index contributed by atoms with van der Waals surface area (Å²) in [4.78, 5) is 47.3. The highest BCUT2D eigenvalue weighted by Gasteiger charge is 2.30. The Hall–Kier alpha value is -2.65. The van der Waals surface area contributed by atoms with Crippen LogP contribution in [0.25, 0.3) is 0 Å². The van der Waals surface area contributed by atoms with Crippen LogP contribution in [0.1, 0.15) is 148 Å². The summed E-state index contributed by atoms with van der Waals surface area (Å²) in [5.41, 5.74) is 2.93. The van der Waals surface area contributed by atoms with Crippen LogP contribution in [-0.2, 0) is 4.57 Å². The van der Waals surface area contributed by atoms with E-state index >= 15 is 0 Å². The number of rotatable bonds is 14. The summed E-state index contributed by atoms with van der Waals surface area (Å²) in [5, 5.41) is -0.212. The first-order valence-corrected chi connectivity index (χ1v) is 17.6. The van der Waals surface area contributed by atoms with E-state index in [0.29, 0.717) is 54.1 Å². The Morgan fingerprint density at radius 2 is 0.976 bits per heavy atom. The SMILES string of the molecule is CC(=O)c1ccc(C(=O)CCCC(C)(C)C)cc1.CCCCC(=O)c1ccc(C(=O)CCCP(C)(=O)C(C)(C)C)cc1. The van der Waals surface area contributed by atoms with Gasteiger partial charge in [0.25, 0.3) is 0 Å². The molecule has 0 aromatic heterocycles. The number of carbonyl (C=O) groups excluding carboxylic acids is 4. The molecule has 0 fully saturated rings. The van der Waals surface area contributed by atoms with Crippen molar-refractivity contribution < 1.29 is 23.7 Å². The molecule has 0 heterocycles. The molecule has 0 N–H and O–H groups in total. The lowest BCUT2D eigenvalue weighted by Crippen LogP contribution is -2.16. The Morgan fingerprint density at radius 3 is 1.31 bits per heavy atom. The molecule has 0 saturated carbocycles. The van der Waals surface area contributed by atoms with Gasteiger partial charge in [-0.25, -0.2) is 0 Å². The number of unbranched alkanes of at least 4 members (excludes halogenated alkanes) is 1. The van der Waals surface area contributed by atoms with Gasteiger partial charge in [0.1, 0.15) is 0 Å². The van der Waals surface area contributed by atoms with Gasteiger partial charge in [0.15, 0.2) is 23.1 Å². The molecule has 5 nitrogen and oxygen atoms in total. The first-order chi connectivity index (χ1) is 19.4. The van der Waals surface area contributed by atoms with Gasteiger partial charge in [-0.15, -0.1) is 0 Å². The van der Waals surface area contributed by atoms with E-state index in [0.717, 1.165) is 25.7 Å². The highest BCUT2D eigenvalue weighted by atomic mass is 31.2. The van der Waals surface area contributed by atoms with E-state index < -0.39 is 7.14 Å². The van der Waals surface area contributed by atoms with Crippen molar-refractivity contribution in [1.29, 1.82) is 0 Å². The van der Waals surface area contributed by atoms with E-state index in [-0.39, 0.29) is 33.7 Å². The zero-order chi connectivity index (χ0) is 32.1. The molecule has 0 aliphatic heterocycles. The molecular weight excluding hydrogens is 543 g/mol. The standard InChI is InChI=1S/C20H31O3P.C16H22O2/c1-6-7-9-18(21)16-11-13-17(14-12-16)19(22)10-8-15-24(5,23)20(2,3)4;1-12(17)13-7-9-14(10-8-13)15(18)6-5-11-16(2,3)4/h11-14H,6-10,15H2,1-5H3;7-10H,5-6,11H2,1-4H3. The summed E-state index contributed by atoms with van der Waals surface area (Å²) in [6.45, 7) is 17.9. The lowest BCUT2D eigenvalue weighted by atomic mass is 9.89. The number of Topliss-reactive ketones (excluding diaryl/α,β-unsaturated/α-hetero) is 4. The van der Waals surface area contributed by atoms with E-state index in [4.69, 9.17) is 0 Å². The van der Waals surface area contributed by atoms with Crippen molar-refractivity contribution in [2.75, 3.05) is 12.8 Å². The molecule has 0 aliphatic rings. The van der Waals surface area contributed by atoms with Crippen molar-refractivity contribution >= 4 is 30.3 Å². The van der Waals surface area contributed by atoms with Gasteiger partial charge in [-0.3, -0.25) is 19.2 Å². The molecule has 0 radical (unpaired) electrons. The summed E-state index contributed by atoms with van der Waals surface area (Å²) >= 11 is 0. The molecule has 0 saturated heterocycles. The summed E-state index contributed by atoms with van der Waals surface area (Å²) < 4.78 is 12.6. The molecule has 42 heavy (non-hydrogen) atoms. The smallest absolute Gasteiger partial charge is 0.162 e. The highest BCUT2D eigenvalue weighted by Crippen LogP contribution is 2.54. The average Bonchev–Trinajstić information content (AvgIpc) is 2.90. The van der Waals surface area contributed by atoms with Crippen LogP contribution in [0.4, 0.5) is 0 Å². The minimum Gasteiger partial charge on any atom is -0.323 e. The third-order valence-corrected chi connectivity index (χ3v) is 11.6. The lowest BCUT2D eigenvalue weighted by Gasteiger charge is -2.27. The molecule has 0 bridgehead atoms. The third-order valence-electron chi connectivity index (χ3n) is 7.64. The largest absolute Gasteiger partial charge is 0.323 e. The Labute approximate surface area is 254 Å². The molecule has 2 aromatic carbocycles. The van der Waals surface area contributed by atoms with Gasteiger partial charge >= 0.3 is 0 Å². The van der Waals surface area contributed by atoms with Crippen molar-refractivity contribution in [3.8, 4) is 0 Å². The van der Waals surface area contributed by atoms with Crippen molar-refractivity contribution in [1.82, 2.24) is 0 Å². The monoisotopic (exact) mass is 596 g/mol. The molecule has 1 unspecified atom stereocenters. The zero-order valence-corrected chi connectivity index (χ0v) is 28.4. The molecule has 1 atom stereocenters. The van der Waals surface area contributed by atoms with Gasteiger partial charge in [0, 0.05) is 52.8 Å². The van der Waals surface area contributed by atoms with Crippen molar-refractivity contribution in [2.45, 2.75) is 112 Å². The Balaban J connectivity index is 0.000000437. The van der Waals surface area contributed by atoms with Gasteiger partial charge < -0.3 is 4.57 Å². The Kier molecular flexibility index (Phi) is 15.0. The molecule has 232 valence electrons. The van der Waals surface area contributed by atoms with E-state index in [9.17, 15) is 23.7 Å². The van der Waals surface area contributed by atoms with Crippen LogP contribution >= 0.6 is 7.14 Å². The molecule has 2 aromatic rings. The van der Waals surface area contributed by atoms with Crippen LogP contribution in [0.3, 0.4) is 0 Å². The van der Waals surface area contributed by atoms with Crippen LogP contribution in [0.15, 0.2) is 48.5 Å². The predicted molar refractivity (Wildman–Crippen MR) is 176 cm³/mol. The topological polar surface area (TPSA) is 85.3 Å². The van der Waals surface area contributed by atoms with Crippen LogP contribution < -0.4 is 0 Å². The first-order valence-electron chi connectivity index (χ1n) is 15.3. The number of carbonyl (C=O) groups is 4. The second-order valence-corrected chi connectivity index (χ2v) is 17.6. The summed E-state index contributed by atoms with van der Waals surface area (Å²) in [6.07, 6.45) is 6.62. The molecule has 0 amide bonds. The van der Waals surface area contributed by atoms with E-state index in [2.05, 4.69) is 27.7 Å². The second-order valence-electron chi connectivity index (χ2n) is 13.6. The average molecular weight is 597 g/mol. The summed E-state index contributed by atoms with van der Waals surface area (Å²) in [7, 11) is -2.25. The molecule has 0 aliphatic carbocycles. The minimum absolute atomic E-state index is 0.0294. The van der Waals surface area contributed by atoms with Gasteiger partial charge in [-0.05, 0) is 44.7 Å². The minimum atomic E-state index is -2.25. The third kappa shape index (κ3) is 13.6. The highest BCUT2D eigenvalue weighted by molar-refractivity contribution is 7.64. The second kappa shape index (κ2) is 16.8. The van der Waals surface area contributed by atoms with Gasteiger partial charge in [0.05, 0.1) is 7.14 Å². The first kappa shape index (κ1) is 37.4. The Morgan fingerprint density at radius 1 is 0.619 bits per heavy atom. The summed E-state index contributed by atoms with van der Waals surface area (Å²) in [6, 6.07) is 13.9. The zero-order valence-electron chi connectivity index (χ0n) is 27.5. The number of ketones is 4. The lowest BCUT2D eigenvalue weighted by molar-refractivity contribution is 0.0968. The van der Waals surface area contributed by atoms with Crippen LogP contribution in [0.2, 0.25) is 0 Å². The fourth-order valence-corrected chi connectivity index (χ4v) is 5.59. The maximum atomic E-state index is 12.6. The predicted octanol–water partition coefficient (Wildman–Crippen LogP) is 10.1. The normalized spacial score (nSPS) is 13.0. The van der Waals surface area contributed by atoms with Gasteiger partial charge in [0.2, 0.25) is 0 Å². The summed E-state index contributed by atoms with van der Waals surface area (Å²) in [5.74, 6) is 0.375. The molecule has 6 heteroatoms. The Bertz CT molecular complexity index is 1230. The number of hydrogen-bond acceptors (Lipinski definition) is 5. The fourth-order valence-electron chi connectivity index (χ4n) is 4.16. The molecular formula is C36H53O5P. The van der Waals surface area contributed by atoms with Gasteiger partial charge in [-0.2, -0.15) is 0 Å². The number of hydrogen-bond donors (Lipinski definition) is 0. The fraction of sp³-hybridized carbons (Fsp3) is 0.556. The van der Waals surface area contributed by atoms with Crippen molar-refractivity contribution in [3.05, 3.63) is 70.8 Å². The van der Waals surface area contributed by atoms with Crippen molar-refractivity contribution in [2.24, 2.45) is 5.41 Å². The maximum absolute atomic E-state index is 12.6. The van der Waals surface area contributed by atoms with Gasteiger partial charge in [-0.1, -0.05) is 103 Å². The van der Waals surface area contributed by atoms with E-state index in [1.807, 2.05) is 27.4 Å². The maximum Gasteiger partial charge on any atom is 0.162 e. The molecule has 0 spiro atoms. The van der Waals surface area contributed by atoms with Crippen LogP contribution in [0, 0.1) is 5.41 Å². The quantitative estimate of drug-likeness (QED) is 0.160.